The Bertz CT molecular complexity index is 546. The van der Waals surface area contributed by atoms with Crippen LogP contribution in [0.15, 0.2) is 42.7 Å². The number of ether oxygens (including phenoxy) is 1. The molecule has 0 spiro atoms. The normalized spacial score (nSPS) is 10.5. The molecule has 2 rings (SSSR count). The molecular weight excluding hydrogens is 255 g/mol. The third kappa shape index (κ3) is 4.63. The van der Waals surface area contributed by atoms with E-state index in [1.165, 1.54) is 17.8 Å². The van der Waals surface area contributed by atoms with Crippen LogP contribution in [0.2, 0.25) is 0 Å². The third-order valence-electron chi connectivity index (χ3n) is 2.82. The Kier molecular flexibility index (Phi) is 5.50. The first-order valence-corrected chi connectivity index (χ1v) is 6.80. The van der Waals surface area contributed by atoms with Crippen LogP contribution in [0.5, 0.6) is 5.75 Å². The van der Waals surface area contributed by atoms with Gasteiger partial charge in [0.1, 0.15) is 18.2 Å². The van der Waals surface area contributed by atoms with Crippen molar-refractivity contribution in [2.45, 2.75) is 26.5 Å². The van der Waals surface area contributed by atoms with Crippen LogP contribution in [0.3, 0.4) is 0 Å². The van der Waals surface area contributed by atoms with Crippen molar-refractivity contribution in [1.82, 2.24) is 10.3 Å². The molecular formula is C16H19FN2O. The molecule has 0 radical (unpaired) electrons. The van der Waals surface area contributed by atoms with Crippen molar-refractivity contribution in [1.29, 1.82) is 0 Å². The van der Waals surface area contributed by atoms with Gasteiger partial charge in [-0.25, -0.2) is 4.39 Å². The molecule has 0 saturated carbocycles. The van der Waals surface area contributed by atoms with Gasteiger partial charge in [0, 0.05) is 18.3 Å². The first-order chi connectivity index (χ1) is 9.78. The minimum Gasteiger partial charge on any atom is -0.489 e. The zero-order valence-electron chi connectivity index (χ0n) is 11.6. The van der Waals surface area contributed by atoms with E-state index in [4.69, 9.17) is 4.74 Å². The summed E-state index contributed by atoms with van der Waals surface area (Å²) in [5.74, 6) is 0.439. The molecule has 2 aromatic rings. The molecule has 1 N–H and O–H groups in total. The Balaban J connectivity index is 1.91. The van der Waals surface area contributed by atoms with E-state index < -0.39 is 0 Å². The number of rotatable bonds is 7. The van der Waals surface area contributed by atoms with Crippen LogP contribution < -0.4 is 10.1 Å². The Hall–Kier alpha value is -1.94. The molecule has 1 aromatic heterocycles. The van der Waals surface area contributed by atoms with Crippen molar-refractivity contribution in [2.24, 2.45) is 0 Å². The Morgan fingerprint density at radius 1 is 1.20 bits per heavy atom. The van der Waals surface area contributed by atoms with E-state index in [0.717, 1.165) is 30.8 Å². The highest BCUT2D eigenvalue weighted by Crippen LogP contribution is 2.15. The van der Waals surface area contributed by atoms with Gasteiger partial charge in [-0.15, -0.1) is 0 Å². The van der Waals surface area contributed by atoms with Crippen molar-refractivity contribution in [3.63, 3.8) is 0 Å². The predicted octanol–water partition coefficient (Wildman–Crippen LogP) is 3.30. The van der Waals surface area contributed by atoms with Gasteiger partial charge in [-0.2, -0.15) is 0 Å². The van der Waals surface area contributed by atoms with Crippen molar-refractivity contribution >= 4 is 0 Å². The lowest BCUT2D eigenvalue weighted by molar-refractivity contribution is 0.304. The second-order valence-electron chi connectivity index (χ2n) is 4.62. The SMILES string of the molecule is CCCNCc1cccc(OCc2cncc(F)c2)c1. The van der Waals surface area contributed by atoms with Crippen molar-refractivity contribution in [3.8, 4) is 5.75 Å². The summed E-state index contributed by atoms with van der Waals surface area (Å²) in [5, 5.41) is 3.34. The molecule has 0 saturated heterocycles. The number of halogens is 1. The van der Waals surface area contributed by atoms with Crippen LogP contribution in [0.1, 0.15) is 24.5 Å². The Labute approximate surface area is 118 Å². The van der Waals surface area contributed by atoms with Gasteiger partial charge in [0.05, 0.1) is 6.20 Å². The first kappa shape index (κ1) is 14.5. The monoisotopic (exact) mass is 274 g/mol. The van der Waals surface area contributed by atoms with Crippen LogP contribution in [0.25, 0.3) is 0 Å². The van der Waals surface area contributed by atoms with Gasteiger partial charge < -0.3 is 10.1 Å². The van der Waals surface area contributed by atoms with Crippen LogP contribution in [-0.2, 0) is 13.2 Å². The average molecular weight is 274 g/mol. The Morgan fingerprint density at radius 3 is 2.90 bits per heavy atom. The highest BCUT2D eigenvalue weighted by Gasteiger charge is 2.00. The molecule has 0 fully saturated rings. The largest absolute Gasteiger partial charge is 0.489 e. The number of pyridine rings is 1. The lowest BCUT2D eigenvalue weighted by Crippen LogP contribution is -2.13. The van der Waals surface area contributed by atoms with E-state index in [0.29, 0.717) is 6.61 Å². The lowest BCUT2D eigenvalue weighted by atomic mass is 10.2. The highest BCUT2D eigenvalue weighted by atomic mass is 19.1. The number of aromatic nitrogens is 1. The minimum absolute atomic E-state index is 0.316. The quantitative estimate of drug-likeness (QED) is 0.787. The summed E-state index contributed by atoms with van der Waals surface area (Å²) in [6.45, 7) is 4.28. The summed E-state index contributed by atoms with van der Waals surface area (Å²) in [7, 11) is 0. The molecule has 0 aliphatic heterocycles. The molecule has 0 aliphatic rings. The summed E-state index contributed by atoms with van der Waals surface area (Å²) < 4.78 is 18.7. The number of hydrogen-bond acceptors (Lipinski definition) is 3. The standard InChI is InChI=1S/C16H19FN2O/c1-2-6-18-9-13-4-3-5-16(8-13)20-12-14-7-15(17)11-19-10-14/h3-5,7-8,10-11,18H,2,6,9,12H2,1H3. The molecule has 0 amide bonds. The second kappa shape index (κ2) is 7.60. The van der Waals surface area contributed by atoms with Crippen LogP contribution in [0, 0.1) is 5.82 Å². The van der Waals surface area contributed by atoms with E-state index >= 15 is 0 Å². The summed E-state index contributed by atoms with van der Waals surface area (Å²) in [5.41, 5.74) is 1.90. The highest BCUT2D eigenvalue weighted by molar-refractivity contribution is 5.28. The fraction of sp³-hybridized carbons (Fsp3) is 0.312. The smallest absolute Gasteiger partial charge is 0.141 e. The van der Waals surface area contributed by atoms with Gasteiger partial charge in [0.2, 0.25) is 0 Å². The number of hydrogen-bond donors (Lipinski definition) is 1. The maximum absolute atomic E-state index is 13.0. The van der Waals surface area contributed by atoms with E-state index in [9.17, 15) is 4.39 Å². The molecule has 1 aromatic carbocycles. The summed E-state index contributed by atoms with van der Waals surface area (Å²) in [6.07, 6.45) is 3.90. The first-order valence-electron chi connectivity index (χ1n) is 6.80. The molecule has 0 bridgehead atoms. The summed E-state index contributed by atoms with van der Waals surface area (Å²) >= 11 is 0. The lowest BCUT2D eigenvalue weighted by Gasteiger charge is -2.08. The molecule has 3 nitrogen and oxygen atoms in total. The van der Waals surface area contributed by atoms with Gasteiger partial charge >= 0.3 is 0 Å². The van der Waals surface area contributed by atoms with Gasteiger partial charge in [0.25, 0.3) is 0 Å². The van der Waals surface area contributed by atoms with Crippen molar-refractivity contribution < 1.29 is 9.13 Å². The maximum Gasteiger partial charge on any atom is 0.141 e. The van der Waals surface area contributed by atoms with Crippen molar-refractivity contribution in [2.75, 3.05) is 6.54 Å². The molecule has 0 unspecified atom stereocenters. The zero-order valence-corrected chi connectivity index (χ0v) is 11.6. The molecule has 20 heavy (non-hydrogen) atoms. The maximum atomic E-state index is 13.0. The number of benzene rings is 1. The average Bonchev–Trinajstić information content (AvgIpc) is 2.46. The molecule has 106 valence electrons. The second-order valence-corrected chi connectivity index (χ2v) is 4.62. The van der Waals surface area contributed by atoms with E-state index in [1.807, 2.05) is 18.2 Å². The van der Waals surface area contributed by atoms with E-state index in [-0.39, 0.29) is 5.82 Å². The van der Waals surface area contributed by atoms with Gasteiger partial charge in [-0.05, 0) is 36.7 Å². The predicted molar refractivity (Wildman–Crippen MR) is 77.0 cm³/mol. The fourth-order valence-electron chi connectivity index (χ4n) is 1.86. The van der Waals surface area contributed by atoms with Gasteiger partial charge in [-0.1, -0.05) is 19.1 Å². The van der Waals surface area contributed by atoms with E-state index in [2.05, 4.69) is 23.3 Å². The third-order valence-corrected chi connectivity index (χ3v) is 2.82. The van der Waals surface area contributed by atoms with Crippen LogP contribution in [0.4, 0.5) is 4.39 Å². The number of nitrogens with zero attached hydrogens (tertiary/aromatic N) is 1. The van der Waals surface area contributed by atoms with Crippen LogP contribution >= 0.6 is 0 Å². The molecule has 4 heteroatoms. The summed E-state index contributed by atoms with van der Waals surface area (Å²) in [6, 6.07) is 9.34. The van der Waals surface area contributed by atoms with Gasteiger partial charge in [-0.3, -0.25) is 4.98 Å². The molecule has 0 atom stereocenters. The van der Waals surface area contributed by atoms with Crippen LogP contribution in [-0.4, -0.2) is 11.5 Å². The topological polar surface area (TPSA) is 34.1 Å². The fourth-order valence-corrected chi connectivity index (χ4v) is 1.86. The van der Waals surface area contributed by atoms with Gasteiger partial charge in [0.15, 0.2) is 0 Å². The number of nitrogens with one attached hydrogen (secondary N) is 1. The Morgan fingerprint density at radius 2 is 2.10 bits per heavy atom. The van der Waals surface area contributed by atoms with E-state index in [1.54, 1.807) is 6.20 Å². The molecule has 0 aliphatic carbocycles. The van der Waals surface area contributed by atoms with Crippen molar-refractivity contribution in [3.05, 3.63) is 59.7 Å². The minimum atomic E-state index is -0.344. The molecule has 1 heterocycles. The summed E-state index contributed by atoms with van der Waals surface area (Å²) in [4.78, 5) is 3.80. The zero-order chi connectivity index (χ0) is 14.2.